The van der Waals surface area contributed by atoms with Crippen LogP contribution >= 0.6 is 15.9 Å². The van der Waals surface area contributed by atoms with Crippen molar-refractivity contribution in [1.82, 2.24) is 14.8 Å². The Morgan fingerprint density at radius 3 is 3.04 bits per heavy atom. The topological polar surface area (TPSA) is 69.0 Å². The summed E-state index contributed by atoms with van der Waals surface area (Å²) < 4.78 is 22.1. The fraction of sp³-hybridized carbons (Fsp3) is 0.353. The van der Waals surface area contributed by atoms with Crippen LogP contribution in [0.4, 0.5) is 10.3 Å². The third-order valence-corrected chi connectivity index (χ3v) is 4.49. The Hall–Kier alpha value is -2.22. The van der Waals surface area contributed by atoms with Crippen molar-refractivity contribution >= 4 is 27.8 Å². The number of nitrogens with zero attached hydrogens (tertiary/aromatic N) is 3. The number of carbonyl (C=O) groups excluding carboxylic acids is 1. The summed E-state index contributed by atoms with van der Waals surface area (Å²) in [5.41, 5.74) is 1.22. The third-order valence-electron chi connectivity index (χ3n) is 4.00. The largest absolute Gasteiger partial charge is 0.462 e. The maximum atomic E-state index is 14.5. The van der Waals surface area contributed by atoms with Gasteiger partial charge in [0.1, 0.15) is 18.2 Å². The molecule has 0 radical (unpaired) electrons. The molecule has 0 spiro atoms. The molecule has 1 aromatic heterocycles. The summed E-state index contributed by atoms with van der Waals surface area (Å²) in [4.78, 5) is 16.8. The van der Waals surface area contributed by atoms with E-state index in [4.69, 9.17) is 4.74 Å². The average molecular weight is 409 g/mol. The van der Waals surface area contributed by atoms with Crippen LogP contribution < -0.4 is 5.32 Å². The highest BCUT2D eigenvalue weighted by Crippen LogP contribution is 2.37. The van der Waals surface area contributed by atoms with Crippen molar-refractivity contribution in [3.8, 4) is 0 Å². The van der Waals surface area contributed by atoms with Crippen LogP contribution in [0.1, 0.15) is 38.3 Å². The molecule has 2 aromatic rings. The molecular formula is C17H18BrFN4O2. The van der Waals surface area contributed by atoms with E-state index in [1.165, 1.54) is 17.1 Å². The standard InChI is InChI=1S/C17H18BrFN4O2/c1-3-4-7-25-16(24)14-10(2)22-17-20-9-21-23(17)15(14)12-8-11(18)5-6-13(12)19/h5-6,8-9,15H,3-4,7H2,1-2H3,(H,20,21,22)/t15-/m0/s1. The molecule has 1 atom stereocenters. The number of hydrogen-bond acceptors (Lipinski definition) is 5. The molecule has 0 amide bonds. The molecule has 0 fully saturated rings. The zero-order valence-electron chi connectivity index (χ0n) is 13.9. The fourth-order valence-electron chi connectivity index (χ4n) is 2.75. The van der Waals surface area contributed by atoms with E-state index in [1.807, 2.05) is 6.92 Å². The summed E-state index contributed by atoms with van der Waals surface area (Å²) in [6, 6.07) is 3.86. The molecule has 0 aliphatic carbocycles. The van der Waals surface area contributed by atoms with Gasteiger partial charge in [0.05, 0.1) is 12.2 Å². The molecule has 2 heterocycles. The number of ether oxygens (including phenoxy) is 1. The molecule has 132 valence electrons. The molecule has 8 heteroatoms. The molecule has 1 aliphatic rings. The monoisotopic (exact) mass is 408 g/mol. The number of nitrogens with one attached hydrogen (secondary N) is 1. The molecule has 1 N–H and O–H groups in total. The number of aromatic nitrogens is 3. The molecular weight excluding hydrogens is 391 g/mol. The predicted molar refractivity (Wildman–Crippen MR) is 94.5 cm³/mol. The van der Waals surface area contributed by atoms with Crippen molar-refractivity contribution in [2.75, 3.05) is 11.9 Å². The number of anilines is 1. The summed E-state index contributed by atoms with van der Waals surface area (Å²) in [6.07, 6.45) is 3.06. The van der Waals surface area contributed by atoms with E-state index in [-0.39, 0.29) is 0 Å². The van der Waals surface area contributed by atoms with E-state index < -0.39 is 17.8 Å². The summed E-state index contributed by atoms with van der Waals surface area (Å²) in [5.74, 6) is -0.459. The lowest BCUT2D eigenvalue weighted by atomic mass is 9.95. The van der Waals surface area contributed by atoms with Gasteiger partial charge in [0.2, 0.25) is 5.95 Å². The second-order valence-electron chi connectivity index (χ2n) is 5.75. The van der Waals surface area contributed by atoms with Gasteiger partial charge in [-0.1, -0.05) is 29.3 Å². The lowest BCUT2D eigenvalue weighted by Gasteiger charge is -2.28. The molecule has 0 saturated heterocycles. The molecule has 1 aliphatic heterocycles. The SMILES string of the molecule is CCCCOC(=O)C1=C(C)Nc2ncnn2[C@H]1c1cc(Br)ccc1F. The first-order chi connectivity index (χ1) is 12.0. The molecule has 25 heavy (non-hydrogen) atoms. The van der Waals surface area contributed by atoms with Gasteiger partial charge in [-0.15, -0.1) is 0 Å². The Morgan fingerprint density at radius 2 is 2.28 bits per heavy atom. The van der Waals surface area contributed by atoms with Crippen LogP contribution in [0.5, 0.6) is 0 Å². The quantitative estimate of drug-likeness (QED) is 0.601. The van der Waals surface area contributed by atoms with Crippen LogP contribution in [-0.2, 0) is 9.53 Å². The van der Waals surface area contributed by atoms with Gasteiger partial charge in [-0.3, -0.25) is 0 Å². The van der Waals surface area contributed by atoms with Gasteiger partial charge in [0.25, 0.3) is 0 Å². The lowest BCUT2D eigenvalue weighted by molar-refractivity contribution is -0.139. The number of unbranched alkanes of at least 4 members (excludes halogenated alkanes) is 1. The minimum atomic E-state index is -0.745. The van der Waals surface area contributed by atoms with Crippen LogP contribution in [0.25, 0.3) is 0 Å². The maximum Gasteiger partial charge on any atom is 0.338 e. The zero-order chi connectivity index (χ0) is 18.0. The molecule has 0 unspecified atom stereocenters. The van der Waals surface area contributed by atoms with Gasteiger partial charge in [-0.2, -0.15) is 10.1 Å². The smallest absolute Gasteiger partial charge is 0.338 e. The first-order valence-corrected chi connectivity index (χ1v) is 8.81. The number of fused-ring (bicyclic) bond motifs is 1. The minimum Gasteiger partial charge on any atom is -0.462 e. The molecule has 0 saturated carbocycles. The molecule has 6 nitrogen and oxygen atoms in total. The number of allylic oxidation sites excluding steroid dienone is 1. The van der Waals surface area contributed by atoms with Crippen molar-refractivity contribution < 1.29 is 13.9 Å². The average Bonchev–Trinajstić information content (AvgIpc) is 3.04. The van der Waals surface area contributed by atoms with Crippen molar-refractivity contribution in [1.29, 1.82) is 0 Å². The van der Waals surface area contributed by atoms with Gasteiger partial charge >= 0.3 is 5.97 Å². The van der Waals surface area contributed by atoms with Crippen LogP contribution in [0.3, 0.4) is 0 Å². The molecule has 0 bridgehead atoms. The first kappa shape index (κ1) is 17.6. The Kier molecular flexibility index (Phi) is 5.17. The van der Waals surface area contributed by atoms with Crippen LogP contribution in [0.15, 0.2) is 40.3 Å². The second kappa shape index (κ2) is 7.35. The van der Waals surface area contributed by atoms with E-state index in [1.54, 1.807) is 19.1 Å². The van der Waals surface area contributed by atoms with Crippen LogP contribution in [0.2, 0.25) is 0 Å². The van der Waals surface area contributed by atoms with E-state index in [2.05, 4.69) is 31.3 Å². The fourth-order valence-corrected chi connectivity index (χ4v) is 3.13. The second-order valence-corrected chi connectivity index (χ2v) is 6.67. The Labute approximate surface area is 153 Å². The molecule has 1 aromatic carbocycles. The number of hydrogen-bond donors (Lipinski definition) is 1. The highest BCUT2D eigenvalue weighted by atomic mass is 79.9. The van der Waals surface area contributed by atoms with Gasteiger partial charge < -0.3 is 10.1 Å². The summed E-state index contributed by atoms with van der Waals surface area (Å²) in [7, 11) is 0. The Morgan fingerprint density at radius 1 is 1.48 bits per heavy atom. The summed E-state index contributed by atoms with van der Waals surface area (Å²) >= 11 is 3.36. The summed E-state index contributed by atoms with van der Waals surface area (Å²) in [5, 5.41) is 7.20. The third kappa shape index (κ3) is 3.44. The highest BCUT2D eigenvalue weighted by Gasteiger charge is 2.35. The Bertz CT molecular complexity index is 834. The van der Waals surface area contributed by atoms with Crippen LogP contribution in [0, 0.1) is 5.82 Å². The highest BCUT2D eigenvalue weighted by molar-refractivity contribution is 9.10. The number of rotatable bonds is 5. The number of carbonyl (C=O) groups is 1. The maximum absolute atomic E-state index is 14.5. The van der Waals surface area contributed by atoms with Gasteiger partial charge in [-0.05, 0) is 31.5 Å². The number of benzene rings is 1. The lowest BCUT2D eigenvalue weighted by Crippen LogP contribution is -2.30. The van der Waals surface area contributed by atoms with Gasteiger partial charge in [0.15, 0.2) is 0 Å². The predicted octanol–water partition coefficient (Wildman–Crippen LogP) is 3.81. The van der Waals surface area contributed by atoms with E-state index in [0.717, 1.165) is 12.8 Å². The Balaban J connectivity index is 2.07. The normalized spacial score (nSPS) is 16.4. The van der Waals surface area contributed by atoms with Crippen molar-refractivity contribution in [2.24, 2.45) is 0 Å². The summed E-state index contributed by atoms with van der Waals surface area (Å²) in [6.45, 7) is 4.09. The van der Waals surface area contributed by atoms with Crippen molar-refractivity contribution in [2.45, 2.75) is 32.7 Å². The van der Waals surface area contributed by atoms with E-state index in [9.17, 15) is 9.18 Å². The van der Waals surface area contributed by atoms with Gasteiger partial charge in [-0.25, -0.2) is 13.9 Å². The number of halogens is 2. The molecule has 3 rings (SSSR count). The van der Waals surface area contributed by atoms with Crippen molar-refractivity contribution in [3.05, 3.63) is 51.6 Å². The van der Waals surface area contributed by atoms with E-state index >= 15 is 0 Å². The van der Waals surface area contributed by atoms with Gasteiger partial charge in [0, 0.05) is 15.7 Å². The van der Waals surface area contributed by atoms with Crippen molar-refractivity contribution in [3.63, 3.8) is 0 Å². The first-order valence-electron chi connectivity index (χ1n) is 8.02. The van der Waals surface area contributed by atoms with Crippen LogP contribution in [-0.4, -0.2) is 27.3 Å². The number of esters is 1. The zero-order valence-corrected chi connectivity index (χ0v) is 15.5. The minimum absolute atomic E-state index is 0.323. The van der Waals surface area contributed by atoms with E-state index in [0.29, 0.717) is 33.9 Å².